The van der Waals surface area contributed by atoms with Gasteiger partial charge in [-0.1, -0.05) is 0 Å². The molecule has 0 bridgehead atoms. The molecule has 0 aromatic heterocycles. The average Bonchev–Trinajstić information content (AvgIpc) is 3.06. The second-order valence-electron chi connectivity index (χ2n) is 11.7. The highest BCUT2D eigenvalue weighted by Crippen LogP contribution is 2.43. The van der Waals surface area contributed by atoms with E-state index in [1.807, 2.05) is 0 Å². The molecule has 0 amide bonds. The van der Waals surface area contributed by atoms with Gasteiger partial charge in [-0.25, -0.2) is 4.57 Å². The van der Waals surface area contributed by atoms with Crippen molar-refractivity contribution in [3.63, 3.8) is 0 Å². The van der Waals surface area contributed by atoms with Crippen molar-refractivity contribution in [3.05, 3.63) is 0 Å². The van der Waals surface area contributed by atoms with Crippen LogP contribution in [0.25, 0.3) is 0 Å². The molecule has 288 valence electrons. The number of phosphoric ester groups is 1. The van der Waals surface area contributed by atoms with Gasteiger partial charge in [0.1, 0.15) is 97.7 Å². The molecule has 4 aliphatic rings. The Labute approximate surface area is 275 Å². The third-order valence-electron chi connectivity index (χ3n) is 8.44. The Morgan fingerprint density at radius 2 is 0.816 bits per heavy atom. The number of ether oxygens (including phenoxy) is 7. The van der Waals surface area contributed by atoms with E-state index in [2.05, 4.69) is 0 Å². The fourth-order valence-electron chi connectivity index (χ4n) is 5.81. The zero-order valence-electron chi connectivity index (χ0n) is 25.2. The quantitative estimate of drug-likeness (QED) is 0.0824. The summed E-state index contributed by atoms with van der Waals surface area (Å²) in [6, 6.07) is 0. The highest BCUT2D eigenvalue weighted by Gasteiger charge is 2.56. The van der Waals surface area contributed by atoms with E-state index < -0.39 is 157 Å². The summed E-state index contributed by atoms with van der Waals surface area (Å²) >= 11 is 0. The first-order valence-electron chi connectivity index (χ1n) is 14.9. The van der Waals surface area contributed by atoms with Crippen LogP contribution in [-0.4, -0.2) is 225 Å². The maximum atomic E-state index is 11.9. The molecule has 4 aliphatic heterocycles. The van der Waals surface area contributed by atoms with Crippen molar-refractivity contribution in [1.29, 1.82) is 0 Å². The van der Waals surface area contributed by atoms with Crippen molar-refractivity contribution in [2.75, 3.05) is 26.4 Å². The first kappa shape index (κ1) is 41.1. The normalized spacial score (nSPS) is 49.9. The predicted molar refractivity (Wildman–Crippen MR) is 145 cm³/mol. The maximum Gasteiger partial charge on any atom is 0.470 e. The van der Waals surface area contributed by atoms with Crippen molar-refractivity contribution in [1.82, 2.24) is 0 Å². The summed E-state index contributed by atoms with van der Waals surface area (Å²) in [5.41, 5.74) is 0. The molecule has 4 rings (SSSR count). The summed E-state index contributed by atoms with van der Waals surface area (Å²) in [4.78, 5) is 19.1. The Hall–Kier alpha value is -0.690. The number of rotatable bonds is 12. The highest BCUT2D eigenvalue weighted by molar-refractivity contribution is 7.46. The van der Waals surface area contributed by atoms with Crippen molar-refractivity contribution >= 4 is 7.82 Å². The summed E-state index contributed by atoms with van der Waals surface area (Å²) in [5, 5.41) is 133. The van der Waals surface area contributed by atoms with Gasteiger partial charge >= 0.3 is 7.82 Å². The fourth-order valence-corrected chi connectivity index (χ4v) is 6.37. The number of hydrogen-bond acceptors (Lipinski definition) is 22. The summed E-state index contributed by atoms with van der Waals surface area (Å²) < 4.78 is 54.3. The topological polar surface area (TPSA) is 394 Å². The Bertz CT molecular complexity index is 1080. The van der Waals surface area contributed by atoms with Crippen molar-refractivity contribution in [3.8, 4) is 0 Å². The minimum absolute atomic E-state index is 0.853. The molecular weight excluding hydrogens is 703 g/mol. The molecule has 4 saturated heterocycles. The molecule has 24 nitrogen and oxygen atoms in total. The van der Waals surface area contributed by atoms with Gasteiger partial charge in [-0.05, 0) is 0 Å². The van der Waals surface area contributed by atoms with Crippen LogP contribution in [0.15, 0.2) is 0 Å². The van der Waals surface area contributed by atoms with Gasteiger partial charge in [0.2, 0.25) is 0 Å². The lowest BCUT2D eigenvalue weighted by atomic mass is 9.95. The molecule has 4 fully saturated rings. The monoisotopic (exact) mass is 746 g/mol. The number of aliphatic hydroxyl groups is 13. The lowest BCUT2D eigenvalue weighted by Crippen LogP contribution is -2.67. The van der Waals surface area contributed by atoms with Crippen LogP contribution >= 0.6 is 7.82 Å². The van der Waals surface area contributed by atoms with E-state index >= 15 is 0 Å². The van der Waals surface area contributed by atoms with Crippen LogP contribution in [-0.2, 0) is 42.2 Å². The molecular formula is C24H43O24P. The Morgan fingerprint density at radius 3 is 1.31 bits per heavy atom. The number of phosphoric acid groups is 1. The summed E-state index contributed by atoms with van der Waals surface area (Å²) in [6.45, 7) is -3.80. The molecule has 0 saturated carbocycles. The van der Waals surface area contributed by atoms with E-state index in [4.69, 9.17) is 37.7 Å². The smallest absolute Gasteiger partial charge is 0.394 e. The van der Waals surface area contributed by atoms with Crippen molar-refractivity contribution in [2.24, 2.45) is 0 Å². The van der Waals surface area contributed by atoms with Gasteiger partial charge in [0.05, 0.1) is 26.4 Å². The van der Waals surface area contributed by atoms with Gasteiger partial charge in [-0.15, -0.1) is 0 Å². The summed E-state index contributed by atoms with van der Waals surface area (Å²) in [7, 11) is -5.53. The van der Waals surface area contributed by atoms with E-state index in [9.17, 15) is 80.7 Å². The van der Waals surface area contributed by atoms with Gasteiger partial charge in [0.25, 0.3) is 0 Å². The first-order chi connectivity index (χ1) is 23.0. The van der Waals surface area contributed by atoms with Crippen molar-refractivity contribution < 1.29 is 118 Å². The molecule has 49 heavy (non-hydrogen) atoms. The third kappa shape index (κ3) is 8.93. The molecule has 20 atom stereocenters. The van der Waals surface area contributed by atoms with Gasteiger partial charge in [0.15, 0.2) is 25.2 Å². The zero-order chi connectivity index (χ0) is 36.5. The van der Waals surface area contributed by atoms with Gasteiger partial charge < -0.3 is 109 Å². The van der Waals surface area contributed by atoms with Crippen molar-refractivity contribution in [2.45, 2.75) is 123 Å². The van der Waals surface area contributed by atoms with E-state index in [-0.39, 0.29) is 0 Å². The van der Waals surface area contributed by atoms with Gasteiger partial charge in [0, 0.05) is 0 Å². The largest absolute Gasteiger partial charge is 0.470 e. The Balaban J connectivity index is 1.53. The van der Waals surface area contributed by atoms with Crippen LogP contribution in [0.5, 0.6) is 0 Å². The second kappa shape index (κ2) is 17.0. The van der Waals surface area contributed by atoms with E-state index in [1.165, 1.54) is 0 Å². The lowest BCUT2D eigenvalue weighted by Gasteiger charge is -2.49. The molecule has 0 radical (unpaired) electrons. The van der Waals surface area contributed by atoms with Crippen LogP contribution in [0.3, 0.4) is 0 Å². The highest BCUT2D eigenvalue weighted by atomic mass is 31.2. The van der Waals surface area contributed by atoms with E-state index in [0.29, 0.717) is 0 Å². The predicted octanol–water partition coefficient (Wildman–Crippen LogP) is -9.63. The Kier molecular flexibility index (Phi) is 14.2. The SMILES string of the molecule is O=P(O)(O)O[C@@H]1[C@@H](O)[C@@H](O[C@H]2[C@H](O)[C@@H](O)[C@@H](O[C@H]3[C@H](O)[C@@H](O)C(O)O[C@@H]3CO)O[C@@H]2CO)O[C@H](CO)[C@H]1O[C@H]1O[C@H](CO)[C@@H](O)[C@H](O)[C@H]1O. The molecule has 4 heterocycles. The molecule has 0 aromatic carbocycles. The van der Waals surface area contributed by atoms with Crippen LogP contribution in [0, 0.1) is 0 Å². The number of hydrogen-bond donors (Lipinski definition) is 15. The lowest BCUT2D eigenvalue weighted by molar-refractivity contribution is -0.386. The Morgan fingerprint density at radius 1 is 0.429 bits per heavy atom. The molecule has 0 aliphatic carbocycles. The molecule has 0 aromatic rings. The molecule has 1 unspecified atom stereocenters. The van der Waals surface area contributed by atoms with E-state index in [1.54, 1.807) is 0 Å². The standard InChI is InChI=1S/C24H43O24P/c25-1-5-9(29)10(30)14(34)22(42-5)47-19-8(4-28)44-24(16(36)20(19)48-49(38,39)40)46-18-7(3-27)43-23(15(35)12(18)32)45-17-6(2-26)41-21(37)13(33)11(17)31/h5-37H,1-4H2,(H2,38,39,40)/t5-,6-,7-,8-,9-,10+,11-,12-,13-,14-,15-,16-,17-,18-,19-,20-,21?,22-,23-,24-/m1/s1. The first-order valence-corrected chi connectivity index (χ1v) is 16.4. The van der Waals surface area contributed by atoms with Crippen LogP contribution in [0.2, 0.25) is 0 Å². The third-order valence-corrected chi connectivity index (χ3v) is 8.95. The van der Waals surface area contributed by atoms with Crippen LogP contribution in [0.1, 0.15) is 0 Å². The molecule has 0 spiro atoms. The average molecular weight is 747 g/mol. The fraction of sp³-hybridized carbons (Fsp3) is 1.00. The summed E-state index contributed by atoms with van der Waals surface area (Å²) in [6.07, 6.45) is -38.2. The summed E-state index contributed by atoms with van der Waals surface area (Å²) in [5.74, 6) is 0. The maximum absolute atomic E-state index is 11.9. The van der Waals surface area contributed by atoms with E-state index in [0.717, 1.165) is 0 Å². The van der Waals surface area contributed by atoms with Crippen LogP contribution < -0.4 is 0 Å². The number of aliphatic hydroxyl groups excluding tert-OH is 13. The minimum Gasteiger partial charge on any atom is -0.394 e. The van der Waals surface area contributed by atoms with Crippen LogP contribution in [0.4, 0.5) is 0 Å². The van der Waals surface area contributed by atoms with Gasteiger partial charge in [-0.3, -0.25) is 4.52 Å². The second-order valence-corrected chi connectivity index (χ2v) is 12.9. The molecule has 25 heteroatoms. The molecule has 15 N–H and O–H groups in total. The zero-order valence-corrected chi connectivity index (χ0v) is 26.1. The minimum atomic E-state index is -5.53. The van der Waals surface area contributed by atoms with Gasteiger partial charge in [-0.2, -0.15) is 0 Å².